The van der Waals surface area contributed by atoms with Crippen LogP contribution in [0.5, 0.6) is 0 Å². The minimum Gasteiger partial charge on any atom is -0.481 e. The zero-order valence-corrected chi connectivity index (χ0v) is 10.5. The molecule has 0 aliphatic carbocycles. The molecule has 92 valence electrons. The summed E-state index contributed by atoms with van der Waals surface area (Å²) in [6.45, 7) is 5.29. The number of carboxylic acid groups (broad SMARTS) is 1. The number of rotatable bonds is 5. The summed E-state index contributed by atoms with van der Waals surface area (Å²) < 4.78 is 0. The second kappa shape index (κ2) is 5.62. The first kappa shape index (κ1) is 13.4. The lowest BCUT2D eigenvalue weighted by molar-refractivity contribution is -0.138. The van der Waals surface area contributed by atoms with E-state index in [0.29, 0.717) is 12.8 Å². The Morgan fingerprint density at radius 3 is 2.47 bits per heavy atom. The van der Waals surface area contributed by atoms with E-state index in [9.17, 15) is 9.59 Å². The van der Waals surface area contributed by atoms with Crippen molar-refractivity contribution in [1.29, 1.82) is 0 Å². The van der Waals surface area contributed by atoms with E-state index < -0.39 is 11.9 Å². The largest absolute Gasteiger partial charge is 0.481 e. The number of benzene rings is 1. The monoisotopic (exact) mass is 234 g/mol. The third-order valence-electron chi connectivity index (χ3n) is 2.88. The van der Waals surface area contributed by atoms with Crippen LogP contribution in [0.3, 0.4) is 0 Å². The highest BCUT2D eigenvalue weighted by Crippen LogP contribution is 2.24. The van der Waals surface area contributed by atoms with Gasteiger partial charge in [-0.1, -0.05) is 25.1 Å². The molecule has 1 aromatic rings. The van der Waals surface area contributed by atoms with Crippen LogP contribution in [0.25, 0.3) is 0 Å². The van der Waals surface area contributed by atoms with E-state index in [1.165, 1.54) is 6.92 Å². The summed E-state index contributed by atoms with van der Waals surface area (Å²) in [6.07, 6.45) is 0.920. The van der Waals surface area contributed by atoms with Gasteiger partial charge in [0.25, 0.3) is 0 Å². The standard InChI is InChI=1S/C14H18O3/c1-4-12(14(16)17)13-8-11(7-10(3)15)6-5-9(13)2/h5-6,8,12H,4,7H2,1-3H3,(H,16,17). The molecule has 1 aromatic carbocycles. The van der Waals surface area contributed by atoms with Gasteiger partial charge in [-0.05, 0) is 37.0 Å². The first-order valence-corrected chi connectivity index (χ1v) is 5.77. The van der Waals surface area contributed by atoms with Crippen LogP contribution in [0.4, 0.5) is 0 Å². The van der Waals surface area contributed by atoms with Crippen molar-refractivity contribution in [2.75, 3.05) is 0 Å². The lowest BCUT2D eigenvalue weighted by Crippen LogP contribution is -2.12. The fourth-order valence-electron chi connectivity index (χ4n) is 1.99. The normalized spacial score (nSPS) is 12.2. The molecule has 0 bridgehead atoms. The van der Waals surface area contributed by atoms with Gasteiger partial charge >= 0.3 is 5.97 Å². The Hall–Kier alpha value is -1.64. The SMILES string of the molecule is CCC(C(=O)O)c1cc(CC(C)=O)ccc1C. The smallest absolute Gasteiger partial charge is 0.310 e. The molecule has 0 heterocycles. The molecule has 0 aliphatic heterocycles. The number of aryl methyl sites for hydroxylation is 1. The molecule has 0 fully saturated rings. The average Bonchev–Trinajstić information content (AvgIpc) is 2.22. The molecule has 3 heteroatoms. The first-order chi connectivity index (χ1) is 7.95. The van der Waals surface area contributed by atoms with Crippen LogP contribution in [0.2, 0.25) is 0 Å². The maximum absolute atomic E-state index is 11.1. The number of aliphatic carboxylic acids is 1. The highest BCUT2D eigenvalue weighted by atomic mass is 16.4. The topological polar surface area (TPSA) is 54.4 Å². The number of carbonyl (C=O) groups is 2. The molecule has 3 nitrogen and oxygen atoms in total. The number of carboxylic acids is 1. The maximum Gasteiger partial charge on any atom is 0.310 e. The molecule has 1 unspecified atom stereocenters. The van der Waals surface area contributed by atoms with Crippen molar-refractivity contribution in [2.45, 2.75) is 39.5 Å². The number of hydrogen-bond donors (Lipinski definition) is 1. The molecule has 0 aromatic heterocycles. The van der Waals surface area contributed by atoms with Crippen molar-refractivity contribution in [3.8, 4) is 0 Å². The quantitative estimate of drug-likeness (QED) is 0.852. The maximum atomic E-state index is 11.1. The minimum absolute atomic E-state index is 0.0863. The Balaban J connectivity index is 3.12. The van der Waals surface area contributed by atoms with Crippen molar-refractivity contribution < 1.29 is 14.7 Å². The molecule has 0 saturated carbocycles. The Labute approximate surface area is 101 Å². The number of hydrogen-bond acceptors (Lipinski definition) is 2. The van der Waals surface area contributed by atoms with E-state index in [1.807, 2.05) is 32.0 Å². The molecule has 0 aliphatic rings. The first-order valence-electron chi connectivity index (χ1n) is 5.77. The van der Waals surface area contributed by atoms with E-state index in [1.54, 1.807) is 0 Å². The zero-order chi connectivity index (χ0) is 13.0. The molecule has 1 N–H and O–H groups in total. The summed E-state index contributed by atoms with van der Waals surface area (Å²) >= 11 is 0. The van der Waals surface area contributed by atoms with Crippen molar-refractivity contribution in [3.05, 3.63) is 34.9 Å². The second-order valence-electron chi connectivity index (χ2n) is 4.37. The van der Waals surface area contributed by atoms with Gasteiger partial charge in [-0.2, -0.15) is 0 Å². The lowest BCUT2D eigenvalue weighted by Gasteiger charge is -2.14. The molecule has 1 rings (SSSR count). The summed E-state index contributed by atoms with van der Waals surface area (Å²) in [4.78, 5) is 22.2. The zero-order valence-electron chi connectivity index (χ0n) is 10.5. The molecule has 17 heavy (non-hydrogen) atoms. The van der Waals surface area contributed by atoms with Crippen molar-refractivity contribution in [2.24, 2.45) is 0 Å². The minimum atomic E-state index is -0.810. The van der Waals surface area contributed by atoms with Crippen molar-refractivity contribution in [1.82, 2.24) is 0 Å². The lowest BCUT2D eigenvalue weighted by atomic mass is 9.90. The Morgan fingerprint density at radius 2 is 2.00 bits per heavy atom. The summed E-state index contributed by atoms with van der Waals surface area (Å²) in [5, 5.41) is 9.16. The summed E-state index contributed by atoms with van der Waals surface area (Å²) in [5.74, 6) is -1.21. The molecule has 0 saturated heterocycles. The summed E-state index contributed by atoms with van der Waals surface area (Å²) in [5.41, 5.74) is 2.67. The Morgan fingerprint density at radius 1 is 1.35 bits per heavy atom. The fourth-order valence-corrected chi connectivity index (χ4v) is 1.99. The van der Waals surface area contributed by atoms with Gasteiger partial charge in [-0.25, -0.2) is 0 Å². The Kier molecular flexibility index (Phi) is 4.44. The van der Waals surface area contributed by atoms with Crippen molar-refractivity contribution in [3.63, 3.8) is 0 Å². The molecule has 0 radical (unpaired) electrons. The average molecular weight is 234 g/mol. The van der Waals surface area contributed by atoms with Gasteiger partial charge in [0.2, 0.25) is 0 Å². The van der Waals surface area contributed by atoms with Crippen LogP contribution in [-0.4, -0.2) is 16.9 Å². The molecular weight excluding hydrogens is 216 g/mol. The van der Waals surface area contributed by atoms with E-state index in [0.717, 1.165) is 16.7 Å². The van der Waals surface area contributed by atoms with E-state index in [2.05, 4.69) is 0 Å². The van der Waals surface area contributed by atoms with Crippen LogP contribution in [0, 0.1) is 6.92 Å². The third-order valence-corrected chi connectivity index (χ3v) is 2.88. The third kappa shape index (κ3) is 3.41. The number of carbonyl (C=O) groups excluding carboxylic acids is 1. The van der Waals surface area contributed by atoms with Gasteiger partial charge in [-0.3, -0.25) is 9.59 Å². The van der Waals surface area contributed by atoms with E-state index >= 15 is 0 Å². The van der Waals surface area contributed by atoms with Crippen LogP contribution in [0.1, 0.15) is 42.9 Å². The molecule has 0 amide bonds. The van der Waals surface area contributed by atoms with Gasteiger partial charge < -0.3 is 5.11 Å². The molecule has 0 spiro atoms. The number of Topliss-reactive ketones (excluding diaryl/α,β-unsaturated/α-hetero) is 1. The number of ketones is 1. The predicted octanol–water partition coefficient (Wildman–Crippen LogP) is 2.70. The van der Waals surface area contributed by atoms with Gasteiger partial charge in [0.15, 0.2) is 0 Å². The van der Waals surface area contributed by atoms with Gasteiger partial charge in [0.05, 0.1) is 5.92 Å². The molecular formula is C14H18O3. The van der Waals surface area contributed by atoms with Crippen molar-refractivity contribution >= 4 is 11.8 Å². The summed E-state index contributed by atoms with van der Waals surface area (Å²) in [6, 6.07) is 5.62. The summed E-state index contributed by atoms with van der Waals surface area (Å²) in [7, 11) is 0. The second-order valence-corrected chi connectivity index (χ2v) is 4.37. The fraction of sp³-hybridized carbons (Fsp3) is 0.429. The highest BCUT2D eigenvalue weighted by molar-refractivity contribution is 5.79. The van der Waals surface area contributed by atoms with E-state index in [-0.39, 0.29) is 5.78 Å². The van der Waals surface area contributed by atoms with Crippen LogP contribution in [-0.2, 0) is 16.0 Å². The van der Waals surface area contributed by atoms with Gasteiger partial charge in [-0.15, -0.1) is 0 Å². The highest BCUT2D eigenvalue weighted by Gasteiger charge is 2.19. The van der Waals surface area contributed by atoms with Gasteiger partial charge in [0, 0.05) is 6.42 Å². The Bertz CT molecular complexity index is 435. The van der Waals surface area contributed by atoms with Gasteiger partial charge in [0.1, 0.15) is 5.78 Å². The van der Waals surface area contributed by atoms with Crippen LogP contribution in [0.15, 0.2) is 18.2 Å². The molecule has 1 atom stereocenters. The van der Waals surface area contributed by atoms with Crippen LogP contribution >= 0.6 is 0 Å². The predicted molar refractivity (Wildman–Crippen MR) is 66.2 cm³/mol. The van der Waals surface area contributed by atoms with Crippen LogP contribution < -0.4 is 0 Å². The van der Waals surface area contributed by atoms with E-state index in [4.69, 9.17) is 5.11 Å².